The highest BCUT2D eigenvalue weighted by molar-refractivity contribution is 5.98. The van der Waals surface area contributed by atoms with Crippen LogP contribution in [0.15, 0.2) is 82.4 Å². The van der Waals surface area contributed by atoms with Gasteiger partial charge in [0.15, 0.2) is 6.10 Å². The molecule has 0 amide bonds. The van der Waals surface area contributed by atoms with Gasteiger partial charge in [0.25, 0.3) is 5.56 Å². The van der Waals surface area contributed by atoms with Gasteiger partial charge in [0, 0.05) is 14.1 Å². The Balaban J connectivity index is 1.83. The summed E-state index contributed by atoms with van der Waals surface area (Å²) in [4.78, 5) is 26.8. The number of aryl methyl sites for hydroxylation is 2. The second-order valence-corrected chi connectivity index (χ2v) is 9.06. The number of hydrogen-bond acceptors (Lipinski definition) is 4. The standard InChI is InChI=1S/C29H22N4O3/c1-17-8-12-19(13-9-17)24-23-25(31(2)29(35)32(3)28(23)34)26-27(20-14-10-18(16-30)11-15-20)36-22-7-5-4-6-21(22)33(24)26/h4-15,27H,1-3H3/t27-/m1/s1. The molecule has 6 rings (SSSR count). The molecule has 3 heterocycles. The lowest BCUT2D eigenvalue weighted by atomic mass is 10.0. The van der Waals surface area contributed by atoms with Crippen molar-refractivity contribution < 1.29 is 4.74 Å². The molecular formula is C29H22N4O3. The van der Waals surface area contributed by atoms with Crippen LogP contribution in [0.2, 0.25) is 0 Å². The van der Waals surface area contributed by atoms with Crippen molar-refractivity contribution in [3.05, 3.63) is 116 Å². The molecule has 0 aliphatic carbocycles. The van der Waals surface area contributed by atoms with E-state index >= 15 is 0 Å². The topological polar surface area (TPSA) is 81.9 Å². The minimum Gasteiger partial charge on any atom is -0.477 e. The van der Waals surface area contributed by atoms with Crippen LogP contribution in [-0.4, -0.2) is 13.7 Å². The summed E-state index contributed by atoms with van der Waals surface area (Å²) < 4.78 is 11.3. The van der Waals surface area contributed by atoms with Gasteiger partial charge in [-0.15, -0.1) is 0 Å². The van der Waals surface area contributed by atoms with E-state index in [0.29, 0.717) is 33.6 Å². The first kappa shape index (κ1) is 21.7. The zero-order valence-electron chi connectivity index (χ0n) is 20.0. The van der Waals surface area contributed by atoms with Gasteiger partial charge in [-0.1, -0.05) is 54.1 Å². The molecule has 1 atom stereocenters. The number of hydrogen-bond donors (Lipinski definition) is 0. The molecule has 0 saturated carbocycles. The number of benzene rings is 3. The molecular weight excluding hydrogens is 452 g/mol. The van der Waals surface area contributed by atoms with E-state index in [0.717, 1.165) is 26.9 Å². The molecule has 0 saturated heterocycles. The smallest absolute Gasteiger partial charge is 0.331 e. The Hall–Kier alpha value is -4.83. The first-order valence-corrected chi connectivity index (χ1v) is 11.6. The fourth-order valence-corrected chi connectivity index (χ4v) is 5.05. The Morgan fingerprint density at radius 3 is 2.28 bits per heavy atom. The fraction of sp³-hybridized carbons (Fsp3) is 0.138. The van der Waals surface area contributed by atoms with Gasteiger partial charge in [-0.2, -0.15) is 5.26 Å². The molecule has 7 heteroatoms. The molecule has 5 aromatic rings. The maximum atomic E-state index is 13.7. The van der Waals surface area contributed by atoms with Crippen LogP contribution in [-0.2, 0) is 14.1 Å². The Morgan fingerprint density at radius 2 is 1.58 bits per heavy atom. The zero-order valence-corrected chi connectivity index (χ0v) is 20.0. The quantitative estimate of drug-likeness (QED) is 0.381. The SMILES string of the molecule is Cc1ccc(-c2c3c(=O)n(C)c(=O)n(C)c3c3n2-c2ccccc2O[C@@H]3c2ccc(C#N)cc2)cc1. The lowest BCUT2D eigenvalue weighted by Gasteiger charge is -2.30. The fourth-order valence-electron chi connectivity index (χ4n) is 5.05. The molecule has 1 aliphatic heterocycles. The number of para-hydroxylation sites is 2. The summed E-state index contributed by atoms with van der Waals surface area (Å²) in [5.74, 6) is 0.662. The van der Waals surface area contributed by atoms with Crippen molar-refractivity contribution >= 4 is 10.9 Å². The lowest BCUT2D eigenvalue weighted by molar-refractivity contribution is 0.229. The Morgan fingerprint density at radius 1 is 0.889 bits per heavy atom. The van der Waals surface area contributed by atoms with Crippen molar-refractivity contribution in [2.24, 2.45) is 14.1 Å². The van der Waals surface area contributed by atoms with Crippen molar-refractivity contribution in [3.8, 4) is 28.8 Å². The Bertz CT molecular complexity index is 1830. The van der Waals surface area contributed by atoms with E-state index in [9.17, 15) is 14.9 Å². The molecule has 0 fully saturated rings. The van der Waals surface area contributed by atoms with Gasteiger partial charge in [-0.3, -0.25) is 13.9 Å². The molecule has 2 aromatic heterocycles. The maximum Gasteiger partial charge on any atom is 0.331 e. The van der Waals surface area contributed by atoms with Crippen LogP contribution >= 0.6 is 0 Å². The van der Waals surface area contributed by atoms with E-state index in [-0.39, 0.29) is 5.56 Å². The molecule has 0 spiro atoms. The molecule has 3 aromatic carbocycles. The largest absolute Gasteiger partial charge is 0.477 e. The van der Waals surface area contributed by atoms with E-state index in [1.807, 2.05) is 67.6 Å². The molecule has 1 aliphatic rings. The number of aromatic nitrogens is 3. The highest BCUT2D eigenvalue weighted by Gasteiger charge is 2.36. The van der Waals surface area contributed by atoms with E-state index < -0.39 is 11.8 Å². The van der Waals surface area contributed by atoms with Crippen molar-refractivity contribution in [1.82, 2.24) is 13.7 Å². The average Bonchev–Trinajstić information content (AvgIpc) is 3.27. The number of ether oxygens (including phenoxy) is 1. The van der Waals surface area contributed by atoms with Crippen LogP contribution < -0.4 is 16.0 Å². The average molecular weight is 475 g/mol. The van der Waals surface area contributed by atoms with E-state index in [2.05, 4.69) is 10.6 Å². The second kappa shape index (κ2) is 7.85. The predicted molar refractivity (Wildman–Crippen MR) is 138 cm³/mol. The predicted octanol–water partition coefficient (Wildman–Crippen LogP) is 4.36. The summed E-state index contributed by atoms with van der Waals surface area (Å²) in [7, 11) is 3.18. The summed E-state index contributed by atoms with van der Waals surface area (Å²) in [5, 5.41) is 9.74. The van der Waals surface area contributed by atoms with Crippen molar-refractivity contribution in [3.63, 3.8) is 0 Å². The Labute approximate surface area is 206 Å². The first-order valence-electron chi connectivity index (χ1n) is 11.6. The molecule has 0 radical (unpaired) electrons. The molecule has 176 valence electrons. The number of rotatable bonds is 2. The summed E-state index contributed by atoms with van der Waals surface area (Å²) >= 11 is 0. The van der Waals surface area contributed by atoms with Crippen LogP contribution in [0.3, 0.4) is 0 Å². The zero-order chi connectivity index (χ0) is 25.1. The minimum absolute atomic E-state index is 0.360. The first-order chi connectivity index (χ1) is 17.4. The molecule has 7 nitrogen and oxygen atoms in total. The van der Waals surface area contributed by atoms with Gasteiger partial charge in [0.05, 0.1) is 39.6 Å². The van der Waals surface area contributed by atoms with Gasteiger partial charge in [-0.25, -0.2) is 4.79 Å². The summed E-state index contributed by atoms with van der Waals surface area (Å²) in [6, 6.07) is 25.0. The highest BCUT2D eigenvalue weighted by Crippen LogP contribution is 2.46. The third-order valence-electron chi connectivity index (χ3n) is 6.88. The van der Waals surface area contributed by atoms with Gasteiger partial charge in [0.1, 0.15) is 5.75 Å². The van der Waals surface area contributed by atoms with Gasteiger partial charge >= 0.3 is 5.69 Å². The molecule has 0 unspecified atom stereocenters. The van der Waals surface area contributed by atoms with Crippen molar-refractivity contribution in [1.29, 1.82) is 5.26 Å². The molecule has 36 heavy (non-hydrogen) atoms. The van der Waals surface area contributed by atoms with Gasteiger partial charge < -0.3 is 9.30 Å². The van der Waals surface area contributed by atoms with Gasteiger partial charge in [-0.05, 0) is 42.3 Å². The third kappa shape index (κ3) is 2.98. The number of nitrogens with zero attached hydrogens (tertiary/aromatic N) is 4. The monoisotopic (exact) mass is 474 g/mol. The van der Waals surface area contributed by atoms with Crippen molar-refractivity contribution in [2.75, 3.05) is 0 Å². The van der Waals surface area contributed by atoms with E-state index in [4.69, 9.17) is 4.74 Å². The summed E-state index contributed by atoms with van der Waals surface area (Å²) in [6.07, 6.45) is -0.605. The Kier molecular flexibility index (Phi) is 4.73. The van der Waals surface area contributed by atoms with Crippen LogP contribution in [0.25, 0.3) is 27.8 Å². The highest BCUT2D eigenvalue weighted by atomic mass is 16.5. The minimum atomic E-state index is -0.605. The van der Waals surface area contributed by atoms with Crippen LogP contribution in [0.1, 0.15) is 28.5 Å². The number of fused-ring (bicyclic) bond motifs is 5. The normalized spacial score (nSPS) is 14.1. The summed E-state index contributed by atoms with van der Waals surface area (Å²) in [6.45, 7) is 2.02. The molecule has 0 bridgehead atoms. The third-order valence-corrected chi connectivity index (χ3v) is 6.88. The van der Waals surface area contributed by atoms with E-state index in [1.165, 1.54) is 11.6 Å². The maximum absolute atomic E-state index is 13.7. The van der Waals surface area contributed by atoms with Crippen molar-refractivity contribution in [2.45, 2.75) is 13.0 Å². The van der Waals surface area contributed by atoms with E-state index in [1.54, 1.807) is 19.2 Å². The van der Waals surface area contributed by atoms with Crippen LogP contribution in [0.4, 0.5) is 0 Å². The molecule has 0 N–H and O–H groups in total. The summed E-state index contributed by atoms with van der Waals surface area (Å²) in [5.41, 5.74) is 5.28. The lowest BCUT2D eigenvalue weighted by Crippen LogP contribution is -2.37. The van der Waals surface area contributed by atoms with Crippen LogP contribution in [0.5, 0.6) is 5.75 Å². The van der Waals surface area contributed by atoms with Crippen LogP contribution in [0, 0.1) is 18.3 Å². The number of nitriles is 1. The second-order valence-electron chi connectivity index (χ2n) is 9.06. The van der Waals surface area contributed by atoms with Gasteiger partial charge in [0.2, 0.25) is 0 Å².